The number of carbonyl (C=O) groups excluding carboxylic acids is 2. The number of hydrogen-bond donors (Lipinski definition) is 2. The molecule has 6 nitrogen and oxygen atoms in total. The number of aromatic nitrogens is 2. The van der Waals surface area contributed by atoms with E-state index in [2.05, 4.69) is 15.6 Å². The summed E-state index contributed by atoms with van der Waals surface area (Å²) in [4.78, 5) is 28.8. The quantitative estimate of drug-likeness (QED) is 0.340. The Balaban J connectivity index is 1.45. The minimum absolute atomic E-state index is 0.0488. The van der Waals surface area contributed by atoms with Crippen LogP contribution in [0.15, 0.2) is 43.0 Å². The predicted molar refractivity (Wildman–Crippen MR) is 110 cm³/mol. The second-order valence-corrected chi connectivity index (χ2v) is 9.43. The van der Waals surface area contributed by atoms with Gasteiger partial charge in [-0.1, -0.05) is 0 Å². The average molecular weight is 457 g/mol. The van der Waals surface area contributed by atoms with Crippen molar-refractivity contribution in [2.24, 2.45) is 0 Å². The number of rotatable bonds is 6. The number of amides is 2. The molecule has 3 aromatic rings. The van der Waals surface area contributed by atoms with Crippen LogP contribution in [0.1, 0.15) is 31.2 Å². The predicted octanol–water partition coefficient (Wildman–Crippen LogP) is 2.70. The van der Waals surface area contributed by atoms with Crippen molar-refractivity contribution in [3.05, 3.63) is 68.8 Å². The molecule has 1 aromatic carbocycles. The molecule has 0 saturated heterocycles. The van der Waals surface area contributed by atoms with E-state index in [9.17, 15) is 14.0 Å². The fourth-order valence-electron chi connectivity index (χ4n) is 3.23. The van der Waals surface area contributed by atoms with Gasteiger partial charge in [-0.3, -0.25) is 0 Å². The second-order valence-electron chi connectivity index (χ2n) is 6.73. The van der Waals surface area contributed by atoms with Crippen molar-refractivity contribution in [1.82, 2.24) is 14.9 Å². The van der Waals surface area contributed by atoms with Crippen LogP contribution in [0, 0.1) is 12.7 Å². The maximum atomic E-state index is 13.6. The number of halogens is 1. The van der Waals surface area contributed by atoms with E-state index in [1.165, 1.54) is 12.1 Å². The monoisotopic (exact) mass is 458 g/mol. The summed E-state index contributed by atoms with van der Waals surface area (Å²) in [5, 5.41) is 5.70. The molecule has 0 fully saturated rings. The number of anilines is 1. The normalized spacial score (nSPS) is 14.1. The van der Waals surface area contributed by atoms with Gasteiger partial charge in [0.15, 0.2) is 0 Å². The van der Waals surface area contributed by atoms with Crippen molar-refractivity contribution < 1.29 is 14.0 Å². The van der Waals surface area contributed by atoms with E-state index in [1.807, 2.05) is 23.8 Å². The fraction of sp³-hybridized carbons (Fsp3) is 0.190. The van der Waals surface area contributed by atoms with E-state index in [0.29, 0.717) is 28.9 Å². The van der Waals surface area contributed by atoms with Crippen molar-refractivity contribution >= 4 is 43.7 Å². The molecule has 0 unspecified atom stereocenters. The van der Waals surface area contributed by atoms with Gasteiger partial charge in [-0.15, -0.1) is 0 Å². The molecule has 3 heterocycles. The van der Waals surface area contributed by atoms with Gasteiger partial charge in [0, 0.05) is 0 Å². The van der Waals surface area contributed by atoms with Gasteiger partial charge in [0.25, 0.3) is 0 Å². The Kier molecular flexibility index (Phi) is 5.47. The summed E-state index contributed by atoms with van der Waals surface area (Å²) in [6.45, 7) is 3.30. The standard InChI is InChI=1S/C21H19FN4O2Se/c1-13-16(20(27)24-5-2-7-26-8-6-23-12-26)10-15(29-13)11-18-17-9-14(22)3-4-19(17)25-21(18)28/h3-4,6,8-12H,2,5,7H2,1H3,(H,24,27)(H,25,28). The summed E-state index contributed by atoms with van der Waals surface area (Å²) >= 11 is -0.0488. The van der Waals surface area contributed by atoms with Crippen molar-refractivity contribution in [3.63, 3.8) is 0 Å². The summed E-state index contributed by atoms with van der Waals surface area (Å²) in [7, 11) is 0. The van der Waals surface area contributed by atoms with Crippen LogP contribution in [0.2, 0.25) is 0 Å². The molecule has 1 aliphatic rings. The number of benzene rings is 1. The molecule has 0 radical (unpaired) electrons. The van der Waals surface area contributed by atoms with Crippen LogP contribution in [0.5, 0.6) is 0 Å². The van der Waals surface area contributed by atoms with Crippen LogP contribution in [0.4, 0.5) is 10.1 Å². The first-order valence-electron chi connectivity index (χ1n) is 9.18. The van der Waals surface area contributed by atoms with Crippen molar-refractivity contribution in [2.45, 2.75) is 19.9 Å². The summed E-state index contributed by atoms with van der Waals surface area (Å²) in [6, 6.07) is 6.07. The van der Waals surface area contributed by atoms with Gasteiger partial charge in [0.1, 0.15) is 0 Å². The first kappa shape index (κ1) is 19.4. The van der Waals surface area contributed by atoms with Crippen molar-refractivity contribution in [3.8, 4) is 0 Å². The van der Waals surface area contributed by atoms with E-state index in [0.717, 1.165) is 21.8 Å². The second kappa shape index (κ2) is 8.19. The maximum absolute atomic E-state index is 13.6. The van der Waals surface area contributed by atoms with E-state index < -0.39 is 0 Å². The molecule has 2 amide bonds. The average Bonchev–Trinajstić information content (AvgIpc) is 3.40. The Hall–Kier alpha value is -2.96. The Bertz CT molecular complexity index is 1100. The summed E-state index contributed by atoms with van der Waals surface area (Å²) in [5.74, 6) is -0.745. The van der Waals surface area contributed by atoms with Crippen LogP contribution in [-0.2, 0) is 11.3 Å². The van der Waals surface area contributed by atoms with Crippen LogP contribution in [-0.4, -0.2) is 42.4 Å². The van der Waals surface area contributed by atoms with Crippen molar-refractivity contribution in [1.29, 1.82) is 0 Å². The van der Waals surface area contributed by atoms with Gasteiger partial charge < -0.3 is 0 Å². The molecular formula is C21H19FN4O2Se. The Morgan fingerprint density at radius 3 is 3.03 bits per heavy atom. The number of carbonyl (C=O) groups is 2. The van der Waals surface area contributed by atoms with E-state index >= 15 is 0 Å². The molecule has 0 spiro atoms. The molecular weight excluding hydrogens is 438 g/mol. The van der Waals surface area contributed by atoms with Gasteiger partial charge in [0.05, 0.1) is 0 Å². The molecule has 2 aromatic heterocycles. The third-order valence-corrected chi connectivity index (χ3v) is 6.76. The Morgan fingerprint density at radius 2 is 2.24 bits per heavy atom. The molecule has 0 atom stereocenters. The summed E-state index contributed by atoms with van der Waals surface area (Å²) < 4.78 is 17.5. The number of aryl methyl sites for hydroxylation is 2. The molecule has 0 bridgehead atoms. The SMILES string of the molecule is Cc1[se]c(C=C2C(=O)Nc3ccc(F)cc32)cc1C(=O)NCCCn1ccnc1. The number of imidazole rings is 1. The number of hydrogen-bond acceptors (Lipinski definition) is 3. The molecule has 29 heavy (non-hydrogen) atoms. The molecule has 1 aliphatic heterocycles. The zero-order valence-corrected chi connectivity index (χ0v) is 17.5. The molecule has 8 heteroatoms. The first-order chi connectivity index (χ1) is 14.0. The van der Waals surface area contributed by atoms with Gasteiger partial charge in [-0.25, -0.2) is 0 Å². The number of nitrogens with zero attached hydrogens (tertiary/aromatic N) is 2. The van der Waals surface area contributed by atoms with Gasteiger partial charge >= 0.3 is 173 Å². The molecule has 0 aliphatic carbocycles. The third kappa shape index (κ3) is 4.23. The summed E-state index contributed by atoms with van der Waals surface area (Å²) in [5.41, 5.74) is 2.25. The molecule has 4 rings (SSSR count). The minimum atomic E-state index is -0.387. The first-order valence-corrected chi connectivity index (χ1v) is 10.9. The van der Waals surface area contributed by atoms with Crippen LogP contribution in [0.25, 0.3) is 11.6 Å². The topological polar surface area (TPSA) is 76.0 Å². The number of nitrogens with one attached hydrogen (secondary N) is 2. The third-order valence-electron chi connectivity index (χ3n) is 4.67. The van der Waals surface area contributed by atoms with Gasteiger partial charge in [-0.2, -0.15) is 0 Å². The van der Waals surface area contributed by atoms with Crippen LogP contribution >= 0.6 is 0 Å². The Labute approximate surface area is 173 Å². The van der Waals surface area contributed by atoms with Crippen molar-refractivity contribution in [2.75, 3.05) is 11.9 Å². The van der Waals surface area contributed by atoms with Crippen LogP contribution in [0.3, 0.4) is 0 Å². The molecule has 148 valence electrons. The zero-order chi connectivity index (χ0) is 20.4. The van der Waals surface area contributed by atoms with Crippen LogP contribution < -0.4 is 10.6 Å². The van der Waals surface area contributed by atoms with E-state index in [1.54, 1.807) is 24.7 Å². The fourth-order valence-corrected chi connectivity index (χ4v) is 5.26. The van der Waals surface area contributed by atoms with E-state index in [-0.39, 0.29) is 32.1 Å². The zero-order valence-electron chi connectivity index (χ0n) is 15.7. The van der Waals surface area contributed by atoms with E-state index in [4.69, 9.17) is 0 Å². The summed E-state index contributed by atoms with van der Waals surface area (Å²) in [6.07, 6.45) is 7.94. The molecule has 2 N–H and O–H groups in total. The van der Waals surface area contributed by atoms with Gasteiger partial charge in [-0.05, 0) is 0 Å². The Morgan fingerprint density at radius 1 is 1.38 bits per heavy atom. The van der Waals surface area contributed by atoms with Gasteiger partial charge in [0.2, 0.25) is 0 Å². The molecule has 0 saturated carbocycles. The number of fused-ring (bicyclic) bond motifs is 1.